The second-order valence-electron chi connectivity index (χ2n) is 6.33. The number of aromatic carboxylic acids is 1. The molecule has 0 saturated heterocycles. The molecule has 0 fully saturated rings. The number of carboxylic acid groups (broad SMARTS) is 1. The van der Waals surface area contributed by atoms with E-state index < -0.39 is 12.0 Å². The maximum absolute atomic E-state index is 12.9. The first-order chi connectivity index (χ1) is 14.5. The molecule has 0 aromatic carbocycles. The van der Waals surface area contributed by atoms with E-state index in [2.05, 4.69) is 25.3 Å². The van der Waals surface area contributed by atoms with Crippen molar-refractivity contribution >= 4 is 50.6 Å². The van der Waals surface area contributed by atoms with Crippen molar-refractivity contribution in [3.8, 4) is 11.9 Å². The van der Waals surface area contributed by atoms with Crippen molar-refractivity contribution in [1.29, 1.82) is 0 Å². The highest BCUT2D eigenvalue weighted by molar-refractivity contribution is 7.21. The molecule has 0 radical (unpaired) electrons. The first kappa shape index (κ1) is 17.9. The number of hydrogen-bond acceptors (Lipinski definition) is 8. The van der Waals surface area contributed by atoms with Crippen molar-refractivity contribution in [3.05, 3.63) is 53.4 Å². The standard InChI is InChI=1S/C19H12N6O4S/c1-9-7-12(29-18-21-4-2-5-22-18)23-8-11(9)25-10-3-6-20-16-13(10)14(24-19(25)28)15(30-16)17(26)27/h2-8H,1H3,(H,24,28)(H,26,27). The van der Waals surface area contributed by atoms with Crippen LogP contribution in [0.15, 0.2) is 43.0 Å². The fourth-order valence-electron chi connectivity index (χ4n) is 3.22. The van der Waals surface area contributed by atoms with Crippen LogP contribution in [-0.4, -0.2) is 37.0 Å². The van der Waals surface area contributed by atoms with E-state index in [9.17, 15) is 14.7 Å². The van der Waals surface area contributed by atoms with Crippen LogP contribution in [0.4, 0.5) is 21.9 Å². The molecule has 0 spiro atoms. The molecule has 5 rings (SSSR count). The van der Waals surface area contributed by atoms with Gasteiger partial charge in [0.2, 0.25) is 5.88 Å². The maximum Gasteiger partial charge on any atom is 0.348 e. The van der Waals surface area contributed by atoms with Crippen molar-refractivity contribution in [2.24, 2.45) is 0 Å². The lowest BCUT2D eigenvalue weighted by molar-refractivity contribution is 0.0703. The zero-order valence-electron chi connectivity index (χ0n) is 15.4. The Bertz CT molecular complexity index is 1320. The molecule has 1 aliphatic heterocycles. The number of anilines is 3. The molecule has 148 valence electrons. The summed E-state index contributed by atoms with van der Waals surface area (Å²) in [7, 11) is 0. The van der Waals surface area contributed by atoms with E-state index in [0.717, 1.165) is 11.3 Å². The Morgan fingerprint density at radius 1 is 1.17 bits per heavy atom. The highest BCUT2D eigenvalue weighted by Crippen LogP contribution is 2.46. The lowest BCUT2D eigenvalue weighted by atomic mass is 10.1. The average molecular weight is 420 g/mol. The van der Waals surface area contributed by atoms with Crippen molar-refractivity contribution in [3.63, 3.8) is 0 Å². The van der Waals surface area contributed by atoms with Gasteiger partial charge in [0, 0.05) is 24.7 Å². The number of carbonyl (C=O) groups is 2. The number of urea groups is 1. The lowest BCUT2D eigenvalue weighted by Crippen LogP contribution is -2.34. The maximum atomic E-state index is 12.9. The molecule has 4 aromatic rings. The van der Waals surface area contributed by atoms with Crippen molar-refractivity contribution in [2.45, 2.75) is 6.92 Å². The third-order valence-corrected chi connectivity index (χ3v) is 5.56. The monoisotopic (exact) mass is 420 g/mol. The largest absolute Gasteiger partial charge is 0.477 e. The highest BCUT2D eigenvalue weighted by Gasteiger charge is 2.33. The summed E-state index contributed by atoms with van der Waals surface area (Å²) >= 11 is 1.02. The number of aryl methyl sites for hydroxylation is 1. The quantitative estimate of drug-likeness (QED) is 0.507. The zero-order chi connectivity index (χ0) is 20.8. The molecule has 2 amide bonds. The second-order valence-corrected chi connectivity index (χ2v) is 7.33. The number of nitrogens with zero attached hydrogens (tertiary/aromatic N) is 5. The minimum Gasteiger partial charge on any atom is -0.477 e. The lowest BCUT2D eigenvalue weighted by Gasteiger charge is -2.29. The summed E-state index contributed by atoms with van der Waals surface area (Å²) in [6, 6.07) is 4.69. The first-order valence-electron chi connectivity index (χ1n) is 8.70. The fourth-order valence-corrected chi connectivity index (χ4v) is 4.18. The Hall–Kier alpha value is -4.12. The summed E-state index contributed by atoms with van der Waals surface area (Å²) < 4.78 is 5.55. The molecule has 0 aliphatic carbocycles. The molecule has 1 aliphatic rings. The SMILES string of the molecule is Cc1cc(Oc2ncccn2)ncc1N1C(=O)Nc2c(C(=O)O)sc3nccc1c23. The third kappa shape index (κ3) is 2.79. The number of carboxylic acids is 1. The van der Waals surface area contributed by atoms with Crippen LogP contribution >= 0.6 is 11.3 Å². The predicted octanol–water partition coefficient (Wildman–Crippen LogP) is 3.96. The van der Waals surface area contributed by atoms with E-state index in [-0.39, 0.29) is 22.5 Å². The number of nitrogens with one attached hydrogen (secondary N) is 1. The van der Waals surface area contributed by atoms with Gasteiger partial charge in [0.05, 0.1) is 28.6 Å². The van der Waals surface area contributed by atoms with Gasteiger partial charge in [-0.3, -0.25) is 4.90 Å². The number of pyridine rings is 2. The van der Waals surface area contributed by atoms with Crippen LogP contribution in [0.5, 0.6) is 11.9 Å². The zero-order valence-corrected chi connectivity index (χ0v) is 16.2. The summed E-state index contributed by atoms with van der Waals surface area (Å²) in [5, 5.41) is 12.7. The molecule has 0 saturated carbocycles. The Morgan fingerprint density at radius 2 is 1.97 bits per heavy atom. The molecule has 10 nitrogen and oxygen atoms in total. The number of thiophene rings is 1. The van der Waals surface area contributed by atoms with Gasteiger partial charge in [-0.05, 0) is 24.6 Å². The predicted molar refractivity (Wildman–Crippen MR) is 109 cm³/mol. The van der Waals surface area contributed by atoms with Gasteiger partial charge in [0.1, 0.15) is 9.71 Å². The van der Waals surface area contributed by atoms with Crippen LogP contribution in [-0.2, 0) is 0 Å². The molecule has 5 heterocycles. The van der Waals surface area contributed by atoms with Crippen molar-refractivity contribution < 1.29 is 19.4 Å². The van der Waals surface area contributed by atoms with Crippen LogP contribution in [0.1, 0.15) is 15.2 Å². The molecule has 11 heteroatoms. The van der Waals surface area contributed by atoms with Gasteiger partial charge < -0.3 is 15.2 Å². The molecule has 2 N–H and O–H groups in total. The summed E-state index contributed by atoms with van der Waals surface area (Å²) in [5.74, 6) is -0.834. The Kier molecular flexibility index (Phi) is 4.03. The van der Waals surface area contributed by atoms with Crippen LogP contribution in [0.3, 0.4) is 0 Å². The van der Waals surface area contributed by atoms with E-state index in [1.807, 2.05) is 6.92 Å². The van der Waals surface area contributed by atoms with Crippen LogP contribution in [0.2, 0.25) is 0 Å². The molecular formula is C19H12N6O4S. The van der Waals surface area contributed by atoms with E-state index in [1.54, 1.807) is 36.8 Å². The van der Waals surface area contributed by atoms with Gasteiger partial charge in [-0.2, -0.15) is 0 Å². The topological polar surface area (TPSA) is 130 Å². The number of ether oxygens (including phenoxy) is 1. The van der Waals surface area contributed by atoms with Gasteiger partial charge in [0.15, 0.2) is 0 Å². The van der Waals surface area contributed by atoms with Crippen LogP contribution < -0.4 is 15.0 Å². The summed E-state index contributed by atoms with van der Waals surface area (Å²) in [6.45, 7) is 1.81. The summed E-state index contributed by atoms with van der Waals surface area (Å²) in [6.07, 6.45) is 6.16. The highest BCUT2D eigenvalue weighted by atomic mass is 32.1. The molecule has 0 unspecified atom stereocenters. The minimum absolute atomic E-state index is 0.0411. The Morgan fingerprint density at radius 3 is 2.70 bits per heavy atom. The van der Waals surface area contributed by atoms with E-state index in [4.69, 9.17) is 4.74 Å². The molecule has 0 atom stereocenters. The van der Waals surface area contributed by atoms with Gasteiger partial charge in [-0.15, -0.1) is 11.3 Å². The van der Waals surface area contributed by atoms with Crippen molar-refractivity contribution in [2.75, 3.05) is 10.2 Å². The fraction of sp³-hybridized carbons (Fsp3) is 0.0526. The number of aromatic nitrogens is 4. The third-order valence-electron chi connectivity index (χ3n) is 4.48. The van der Waals surface area contributed by atoms with Gasteiger partial charge >= 0.3 is 18.0 Å². The van der Waals surface area contributed by atoms with Crippen LogP contribution in [0.25, 0.3) is 10.2 Å². The minimum atomic E-state index is -1.12. The van der Waals surface area contributed by atoms with Gasteiger partial charge in [-0.25, -0.2) is 29.5 Å². The van der Waals surface area contributed by atoms with Crippen molar-refractivity contribution in [1.82, 2.24) is 19.9 Å². The average Bonchev–Trinajstić information content (AvgIpc) is 3.10. The van der Waals surface area contributed by atoms with E-state index in [1.165, 1.54) is 11.1 Å². The molecule has 4 aromatic heterocycles. The Labute approximate surface area is 172 Å². The van der Waals surface area contributed by atoms with Gasteiger partial charge in [0.25, 0.3) is 0 Å². The second kappa shape index (κ2) is 6.74. The van der Waals surface area contributed by atoms with E-state index in [0.29, 0.717) is 27.2 Å². The number of rotatable bonds is 4. The van der Waals surface area contributed by atoms with Gasteiger partial charge in [-0.1, -0.05) is 0 Å². The number of hydrogen-bond donors (Lipinski definition) is 2. The summed E-state index contributed by atoms with van der Waals surface area (Å²) in [5.41, 5.74) is 2.04. The summed E-state index contributed by atoms with van der Waals surface area (Å²) in [4.78, 5) is 43.0. The first-order valence-corrected chi connectivity index (χ1v) is 9.52. The van der Waals surface area contributed by atoms with E-state index >= 15 is 0 Å². The molecular weight excluding hydrogens is 408 g/mol. The number of carbonyl (C=O) groups excluding carboxylic acids is 1. The smallest absolute Gasteiger partial charge is 0.348 e. The van der Waals surface area contributed by atoms with Crippen LogP contribution in [0, 0.1) is 6.92 Å². The number of amides is 2. The molecule has 30 heavy (non-hydrogen) atoms. The normalized spacial score (nSPS) is 12.7. The Balaban J connectivity index is 1.59. The molecule has 0 bridgehead atoms.